The highest BCUT2D eigenvalue weighted by molar-refractivity contribution is 7.86. The minimum atomic E-state index is -0.848. The Hall–Kier alpha value is -0.810. The van der Waals surface area contributed by atoms with E-state index in [-0.39, 0.29) is 4.75 Å². The number of halogens is 2. The fourth-order valence-corrected chi connectivity index (χ4v) is 3.53. The van der Waals surface area contributed by atoms with Crippen LogP contribution in [-0.4, -0.2) is 32.7 Å². The van der Waals surface area contributed by atoms with Gasteiger partial charge in [0.25, 0.3) is 0 Å². The number of benzene rings is 1. The van der Waals surface area contributed by atoms with Gasteiger partial charge >= 0.3 is 0 Å². The van der Waals surface area contributed by atoms with E-state index in [1.807, 2.05) is 18.7 Å². The Labute approximate surface area is 108 Å². The van der Waals surface area contributed by atoms with Crippen molar-refractivity contribution in [1.82, 2.24) is 4.90 Å². The van der Waals surface area contributed by atoms with Crippen LogP contribution >= 0.6 is 0 Å². The number of hydrogen-bond acceptors (Lipinski definition) is 2. The van der Waals surface area contributed by atoms with Crippen LogP contribution in [0.4, 0.5) is 8.78 Å². The lowest BCUT2D eigenvalue weighted by Crippen LogP contribution is -2.49. The summed E-state index contributed by atoms with van der Waals surface area (Å²) in [5.74, 6) is -1.00. The van der Waals surface area contributed by atoms with E-state index >= 15 is 0 Å². The fourth-order valence-electron chi connectivity index (χ4n) is 2.22. The number of nitrogens with zero attached hydrogens (tertiary/aromatic N) is 1. The Morgan fingerprint density at radius 2 is 2.11 bits per heavy atom. The highest BCUT2D eigenvalue weighted by atomic mass is 32.2. The zero-order valence-corrected chi connectivity index (χ0v) is 11.4. The molecule has 100 valence electrons. The maximum absolute atomic E-state index is 13.6. The van der Waals surface area contributed by atoms with Crippen LogP contribution in [0, 0.1) is 11.6 Å². The molecule has 5 heteroatoms. The van der Waals surface area contributed by atoms with Gasteiger partial charge in [0.2, 0.25) is 0 Å². The van der Waals surface area contributed by atoms with Gasteiger partial charge in [-0.1, -0.05) is 12.1 Å². The van der Waals surface area contributed by atoms with E-state index in [0.29, 0.717) is 31.0 Å². The van der Waals surface area contributed by atoms with Gasteiger partial charge in [0.15, 0.2) is 11.6 Å². The first-order valence-corrected chi connectivity index (χ1v) is 7.26. The van der Waals surface area contributed by atoms with E-state index in [1.54, 1.807) is 6.07 Å². The molecule has 1 aromatic rings. The van der Waals surface area contributed by atoms with Crippen molar-refractivity contribution >= 4 is 10.8 Å². The lowest BCUT2D eigenvalue weighted by molar-refractivity contribution is 0.243. The van der Waals surface area contributed by atoms with Crippen LogP contribution in [0.2, 0.25) is 0 Å². The largest absolute Gasteiger partial charge is 0.297 e. The van der Waals surface area contributed by atoms with Gasteiger partial charge < -0.3 is 0 Å². The van der Waals surface area contributed by atoms with Crippen molar-refractivity contribution in [3.63, 3.8) is 0 Å². The van der Waals surface area contributed by atoms with Crippen molar-refractivity contribution in [1.29, 1.82) is 0 Å². The van der Waals surface area contributed by atoms with E-state index in [1.165, 1.54) is 6.07 Å². The Morgan fingerprint density at radius 1 is 1.39 bits per heavy atom. The van der Waals surface area contributed by atoms with E-state index in [2.05, 4.69) is 0 Å². The van der Waals surface area contributed by atoms with Crippen molar-refractivity contribution < 1.29 is 13.0 Å². The van der Waals surface area contributed by atoms with E-state index in [4.69, 9.17) is 0 Å². The molecule has 0 radical (unpaired) electrons. The third-order valence-corrected chi connectivity index (χ3v) is 5.15. The highest BCUT2D eigenvalue weighted by Crippen LogP contribution is 2.22. The molecule has 0 amide bonds. The Kier molecular flexibility index (Phi) is 3.82. The monoisotopic (exact) mass is 273 g/mol. The normalized spacial score (nSPS) is 24.1. The topological polar surface area (TPSA) is 20.3 Å². The summed E-state index contributed by atoms with van der Waals surface area (Å²) in [5.41, 5.74) is 0.360. The average Bonchev–Trinajstić information content (AvgIpc) is 2.29. The molecule has 1 heterocycles. The molecule has 0 saturated carbocycles. The zero-order valence-electron chi connectivity index (χ0n) is 10.6. The van der Waals surface area contributed by atoms with Gasteiger partial charge in [0, 0.05) is 41.8 Å². The molecular weight excluding hydrogens is 256 g/mol. The summed E-state index contributed by atoms with van der Waals surface area (Å²) >= 11 is 0. The molecule has 2 rings (SSSR count). The minimum Gasteiger partial charge on any atom is -0.297 e. The van der Waals surface area contributed by atoms with Crippen LogP contribution in [0.25, 0.3) is 0 Å². The second-order valence-corrected chi connectivity index (χ2v) is 7.44. The molecular formula is C13H17F2NOS. The SMILES string of the molecule is CC1(C)CN(Cc2cccc(F)c2F)CC[S@@]1=O. The Morgan fingerprint density at radius 3 is 2.78 bits per heavy atom. The summed E-state index contributed by atoms with van der Waals surface area (Å²) in [4.78, 5) is 2.03. The van der Waals surface area contributed by atoms with Gasteiger partial charge in [0.1, 0.15) is 0 Å². The quantitative estimate of drug-likeness (QED) is 0.824. The molecule has 0 unspecified atom stereocenters. The van der Waals surface area contributed by atoms with E-state index < -0.39 is 22.4 Å². The maximum atomic E-state index is 13.6. The van der Waals surface area contributed by atoms with Crippen molar-refractivity contribution in [3.05, 3.63) is 35.4 Å². The molecule has 1 aliphatic rings. The number of rotatable bonds is 2. The molecule has 18 heavy (non-hydrogen) atoms. The average molecular weight is 273 g/mol. The summed E-state index contributed by atoms with van der Waals surface area (Å²) in [6.45, 7) is 5.54. The van der Waals surface area contributed by atoms with Crippen LogP contribution in [0.15, 0.2) is 18.2 Å². The molecule has 0 bridgehead atoms. The third kappa shape index (κ3) is 2.78. The first-order chi connectivity index (χ1) is 8.40. The predicted octanol–water partition coefficient (Wildman–Crippen LogP) is 2.31. The molecule has 1 atom stereocenters. The van der Waals surface area contributed by atoms with E-state index in [0.717, 1.165) is 6.07 Å². The van der Waals surface area contributed by atoms with Crippen molar-refractivity contribution in [3.8, 4) is 0 Å². The van der Waals surface area contributed by atoms with E-state index in [9.17, 15) is 13.0 Å². The smallest absolute Gasteiger partial charge is 0.163 e. The molecule has 0 aromatic heterocycles. The van der Waals surface area contributed by atoms with Crippen LogP contribution in [0.3, 0.4) is 0 Å². The molecule has 1 fully saturated rings. The van der Waals surface area contributed by atoms with Crippen molar-refractivity contribution in [2.45, 2.75) is 25.1 Å². The molecule has 0 spiro atoms. The van der Waals surface area contributed by atoms with Gasteiger partial charge in [0.05, 0.1) is 4.75 Å². The fraction of sp³-hybridized carbons (Fsp3) is 0.538. The van der Waals surface area contributed by atoms with Gasteiger partial charge in [-0.3, -0.25) is 9.11 Å². The predicted molar refractivity (Wildman–Crippen MR) is 68.7 cm³/mol. The lowest BCUT2D eigenvalue weighted by atomic mass is 10.1. The summed E-state index contributed by atoms with van der Waals surface area (Å²) in [5, 5.41) is 0. The van der Waals surface area contributed by atoms with Gasteiger partial charge in [-0.15, -0.1) is 0 Å². The first kappa shape index (κ1) is 13.6. The standard InChI is InChI=1S/C13H17F2NOS/c1-13(2)9-16(6-7-18(13)17)8-10-4-3-5-11(14)12(10)15/h3-5H,6-9H2,1-2H3/t18-/m0/s1. The molecule has 1 aliphatic heterocycles. The lowest BCUT2D eigenvalue weighted by Gasteiger charge is -2.37. The molecule has 0 aliphatic carbocycles. The van der Waals surface area contributed by atoms with Crippen LogP contribution in [0.5, 0.6) is 0 Å². The van der Waals surface area contributed by atoms with Crippen molar-refractivity contribution in [2.24, 2.45) is 0 Å². The number of hydrogen-bond donors (Lipinski definition) is 0. The second kappa shape index (κ2) is 5.05. The van der Waals surface area contributed by atoms with Crippen LogP contribution in [0.1, 0.15) is 19.4 Å². The molecule has 0 N–H and O–H groups in total. The summed E-state index contributed by atoms with van der Waals surface area (Å²) in [7, 11) is -0.848. The highest BCUT2D eigenvalue weighted by Gasteiger charge is 2.33. The molecule has 1 saturated heterocycles. The third-order valence-electron chi connectivity index (χ3n) is 3.24. The van der Waals surface area contributed by atoms with Gasteiger partial charge in [-0.05, 0) is 19.9 Å². The van der Waals surface area contributed by atoms with Gasteiger partial charge in [-0.25, -0.2) is 8.78 Å². The summed E-state index contributed by atoms with van der Waals surface area (Å²) < 4.78 is 38.2. The molecule has 2 nitrogen and oxygen atoms in total. The Balaban J connectivity index is 2.11. The minimum absolute atomic E-state index is 0.290. The first-order valence-electron chi connectivity index (χ1n) is 5.94. The molecule has 1 aromatic carbocycles. The summed E-state index contributed by atoms with van der Waals surface area (Å²) in [6, 6.07) is 4.23. The van der Waals surface area contributed by atoms with Crippen molar-refractivity contribution in [2.75, 3.05) is 18.8 Å². The second-order valence-electron chi connectivity index (χ2n) is 5.23. The summed E-state index contributed by atoms with van der Waals surface area (Å²) in [6.07, 6.45) is 0. The van der Waals surface area contributed by atoms with Crippen LogP contribution < -0.4 is 0 Å². The maximum Gasteiger partial charge on any atom is 0.163 e. The van der Waals surface area contributed by atoms with Crippen LogP contribution in [-0.2, 0) is 17.3 Å². The zero-order chi connectivity index (χ0) is 13.3. The van der Waals surface area contributed by atoms with Gasteiger partial charge in [-0.2, -0.15) is 0 Å². The Bertz CT molecular complexity index is 476.